The Morgan fingerprint density at radius 3 is 1.95 bits per heavy atom. The molecular weight excluding hydrogens is 282 g/mol. The Hall–Kier alpha value is -1.50. The second kappa shape index (κ2) is 8.82. The highest BCUT2D eigenvalue weighted by atomic mass is 16.2. The van der Waals surface area contributed by atoms with Gasteiger partial charge in [-0.3, -0.25) is 4.90 Å². The van der Waals surface area contributed by atoms with E-state index in [0.29, 0.717) is 6.54 Å². The third-order valence-electron chi connectivity index (χ3n) is 4.14. The second-order valence-corrected chi connectivity index (χ2v) is 5.88. The topological polar surface area (TPSA) is 50.3 Å². The van der Waals surface area contributed by atoms with Crippen LogP contribution in [0.2, 0.25) is 0 Å². The summed E-state index contributed by atoms with van der Waals surface area (Å²) in [6.07, 6.45) is 0. The number of rotatable bonds is 5. The van der Waals surface area contributed by atoms with E-state index >= 15 is 0 Å². The summed E-state index contributed by atoms with van der Waals surface area (Å²) >= 11 is 0. The summed E-state index contributed by atoms with van der Waals surface area (Å²) in [5.74, 6) is 0. The van der Waals surface area contributed by atoms with E-state index in [2.05, 4.69) is 4.90 Å². The summed E-state index contributed by atoms with van der Waals surface area (Å²) in [6.45, 7) is 10.4. The van der Waals surface area contributed by atoms with Gasteiger partial charge >= 0.3 is 12.1 Å². The molecule has 0 unspecified atom stereocenters. The molecule has 7 nitrogen and oxygen atoms in total. The lowest BCUT2D eigenvalue weighted by atomic mass is 10.3. The van der Waals surface area contributed by atoms with Gasteiger partial charge in [0.1, 0.15) is 0 Å². The van der Waals surface area contributed by atoms with E-state index in [1.54, 1.807) is 23.9 Å². The minimum absolute atomic E-state index is 0.0235. The number of likely N-dealkylation sites (N-methyl/N-ethyl adjacent to an activating group) is 1. The molecule has 1 aliphatic rings. The summed E-state index contributed by atoms with van der Waals surface area (Å²) in [5.41, 5.74) is 0. The van der Waals surface area contributed by atoms with Crippen LogP contribution < -0.4 is 0 Å². The van der Waals surface area contributed by atoms with Crippen LogP contribution in [-0.4, -0.2) is 110 Å². The van der Waals surface area contributed by atoms with Gasteiger partial charge in [-0.25, -0.2) is 9.59 Å². The van der Waals surface area contributed by atoms with Gasteiger partial charge in [0.05, 0.1) is 0 Å². The molecule has 0 N–H and O–H groups in total. The number of hydrogen-bond acceptors (Lipinski definition) is 3. The Morgan fingerprint density at radius 2 is 1.50 bits per heavy atom. The molecule has 0 aromatic heterocycles. The SMILES string of the molecule is CCN(CC)C(=O)N1CCN(CCN(C)C(=O)N(C)C)CC1. The van der Waals surface area contributed by atoms with Crippen molar-refractivity contribution in [1.29, 1.82) is 0 Å². The molecule has 7 heteroatoms. The Morgan fingerprint density at radius 1 is 0.955 bits per heavy atom. The lowest BCUT2D eigenvalue weighted by molar-refractivity contribution is 0.110. The summed E-state index contributed by atoms with van der Waals surface area (Å²) in [5, 5.41) is 0. The zero-order valence-corrected chi connectivity index (χ0v) is 14.7. The summed E-state index contributed by atoms with van der Waals surface area (Å²) in [4.78, 5) is 33.5. The molecule has 128 valence electrons. The summed E-state index contributed by atoms with van der Waals surface area (Å²) < 4.78 is 0. The lowest BCUT2D eigenvalue weighted by Gasteiger charge is -2.37. The quantitative estimate of drug-likeness (QED) is 0.750. The van der Waals surface area contributed by atoms with Gasteiger partial charge in [-0.15, -0.1) is 0 Å². The molecule has 0 atom stereocenters. The molecule has 0 spiro atoms. The number of carbonyl (C=O) groups is 2. The Kier molecular flexibility index (Phi) is 7.44. The minimum atomic E-state index is 0.0235. The van der Waals surface area contributed by atoms with E-state index in [4.69, 9.17) is 0 Å². The number of urea groups is 2. The average molecular weight is 313 g/mol. The van der Waals surface area contributed by atoms with Crippen LogP contribution in [0, 0.1) is 0 Å². The molecule has 0 aromatic rings. The first kappa shape index (κ1) is 18.5. The highest BCUT2D eigenvalue weighted by Crippen LogP contribution is 2.06. The van der Waals surface area contributed by atoms with Crippen LogP contribution in [0.4, 0.5) is 9.59 Å². The van der Waals surface area contributed by atoms with Crippen LogP contribution in [0.25, 0.3) is 0 Å². The molecule has 4 amide bonds. The highest BCUT2D eigenvalue weighted by molar-refractivity contribution is 5.74. The van der Waals surface area contributed by atoms with Crippen molar-refractivity contribution in [1.82, 2.24) is 24.5 Å². The van der Waals surface area contributed by atoms with Gasteiger partial charge in [0.2, 0.25) is 0 Å². The molecule has 22 heavy (non-hydrogen) atoms. The van der Waals surface area contributed by atoms with Crippen molar-refractivity contribution in [3.8, 4) is 0 Å². The molecular formula is C15H31N5O2. The molecule has 0 bridgehead atoms. The van der Waals surface area contributed by atoms with Crippen LogP contribution in [-0.2, 0) is 0 Å². The van der Waals surface area contributed by atoms with E-state index in [1.165, 1.54) is 0 Å². The lowest BCUT2D eigenvalue weighted by Crippen LogP contribution is -2.53. The van der Waals surface area contributed by atoms with E-state index < -0.39 is 0 Å². The maximum absolute atomic E-state index is 12.3. The molecule has 1 rings (SSSR count). The second-order valence-electron chi connectivity index (χ2n) is 5.88. The Labute approximate surface area is 134 Å². The van der Waals surface area contributed by atoms with Crippen LogP contribution >= 0.6 is 0 Å². The zero-order chi connectivity index (χ0) is 16.7. The molecule has 0 saturated carbocycles. The molecule has 0 aliphatic carbocycles. The first-order valence-corrected chi connectivity index (χ1v) is 8.09. The predicted octanol–water partition coefficient (Wildman–Crippen LogP) is 0.679. The van der Waals surface area contributed by atoms with Crippen molar-refractivity contribution >= 4 is 12.1 Å². The fourth-order valence-corrected chi connectivity index (χ4v) is 2.59. The normalized spacial score (nSPS) is 15.6. The smallest absolute Gasteiger partial charge is 0.320 e. The van der Waals surface area contributed by atoms with Crippen molar-refractivity contribution < 1.29 is 9.59 Å². The number of piperazine rings is 1. The summed E-state index contributed by atoms with van der Waals surface area (Å²) in [6, 6.07) is 0.167. The van der Waals surface area contributed by atoms with E-state index in [-0.39, 0.29) is 12.1 Å². The molecule has 1 heterocycles. The maximum Gasteiger partial charge on any atom is 0.320 e. The summed E-state index contributed by atoms with van der Waals surface area (Å²) in [7, 11) is 5.34. The molecule has 0 radical (unpaired) electrons. The Bertz CT molecular complexity index is 363. The van der Waals surface area contributed by atoms with Crippen LogP contribution in [0.1, 0.15) is 13.8 Å². The van der Waals surface area contributed by atoms with Crippen molar-refractivity contribution in [2.75, 3.05) is 73.5 Å². The number of amides is 4. The van der Waals surface area contributed by atoms with Crippen molar-refractivity contribution in [2.45, 2.75) is 13.8 Å². The first-order chi connectivity index (χ1) is 10.4. The molecule has 1 aliphatic heterocycles. The fraction of sp³-hybridized carbons (Fsp3) is 0.867. The van der Waals surface area contributed by atoms with Crippen molar-refractivity contribution in [2.24, 2.45) is 0 Å². The number of hydrogen-bond donors (Lipinski definition) is 0. The van der Waals surface area contributed by atoms with Gasteiger partial charge in [0, 0.05) is 73.5 Å². The molecule has 1 saturated heterocycles. The van der Waals surface area contributed by atoms with E-state index in [1.807, 2.05) is 30.7 Å². The van der Waals surface area contributed by atoms with Gasteiger partial charge < -0.3 is 19.6 Å². The van der Waals surface area contributed by atoms with Gasteiger partial charge in [0.25, 0.3) is 0 Å². The third kappa shape index (κ3) is 5.05. The van der Waals surface area contributed by atoms with Crippen LogP contribution in [0.5, 0.6) is 0 Å². The molecule has 1 fully saturated rings. The fourth-order valence-electron chi connectivity index (χ4n) is 2.59. The predicted molar refractivity (Wildman–Crippen MR) is 88.0 cm³/mol. The average Bonchev–Trinajstić information content (AvgIpc) is 2.53. The number of nitrogens with zero attached hydrogens (tertiary/aromatic N) is 5. The number of carbonyl (C=O) groups excluding carboxylic acids is 2. The monoisotopic (exact) mass is 313 g/mol. The van der Waals surface area contributed by atoms with Gasteiger partial charge in [0.15, 0.2) is 0 Å². The first-order valence-electron chi connectivity index (χ1n) is 8.09. The van der Waals surface area contributed by atoms with Crippen LogP contribution in [0.15, 0.2) is 0 Å². The zero-order valence-electron chi connectivity index (χ0n) is 14.7. The minimum Gasteiger partial charge on any atom is -0.331 e. The van der Waals surface area contributed by atoms with Gasteiger partial charge in [-0.2, -0.15) is 0 Å². The van der Waals surface area contributed by atoms with Crippen molar-refractivity contribution in [3.05, 3.63) is 0 Å². The largest absolute Gasteiger partial charge is 0.331 e. The third-order valence-corrected chi connectivity index (χ3v) is 4.14. The van der Waals surface area contributed by atoms with Gasteiger partial charge in [-0.05, 0) is 13.8 Å². The maximum atomic E-state index is 12.3. The van der Waals surface area contributed by atoms with Crippen molar-refractivity contribution in [3.63, 3.8) is 0 Å². The van der Waals surface area contributed by atoms with E-state index in [9.17, 15) is 9.59 Å². The Balaban J connectivity index is 2.34. The highest BCUT2D eigenvalue weighted by Gasteiger charge is 2.24. The van der Waals surface area contributed by atoms with Gasteiger partial charge in [-0.1, -0.05) is 0 Å². The standard InChI is InChI=1S/C15H31N5O2/c1-6-19(7-2)15(22)20-12-10-18(11-13-20)9-8-17(5)14(21)16(3)4/h6-13H2,1-5H3. The molecule has 0 aromatic carbocycles. The van der Waals surface area contributed by atoms with E-state index in [0.717, 1.165) is 45.8 Å². The van der Waals surface area contributed by atoms with Crippen LogP contribution in [0.3, 0.4) is 0 Å².